The second-order valence-corrected chi connectivity index (χ2v) is 8.29. The van der Waals surface area contributed by atoms with E-state index in [4.69, 9.17) is 0 Å². The first-order valence-electron chi connectivity index (χ1n) is 11.0. The molecule has 3 aromatic rings. The van der Waals surface area contributed by atoms with Gasteiger partial charge in [0.05, 0.1) is 17.4 Å². The number of nitrogens with one attached hydrogen (secondary N) is 1. The predicted octanol–water partition coefficient (Wildman–Crippen LogP) is 5.34. The number of anilines is 2. The molecule has 1 aliphatic heterocycles. The van der Waals surface area contributed by atoms with Gasteiger partial charge in [-0.2, -0.15) is 13.2 Å². The quantitative estimate of drug-likeness (QED) is 0.491. The molecule has 0 spiro atoms. The van der Waals surface area contributed by atoms with Crippen LogP contribution < -0.4 is 10.2 Å². The SMILES string of the molecule is O=C(Nc1ccc(N2CCCN(Cc3ccccc3C(F)(F)F)CC2)nc1)c1cc(F)cc(F)c1. The molecular formula is C25H23F5N4O. The largest absolute Gasteiger partial charge is 0.416 e. The lowest BCUT2D eigenvalue weighted by molar-refractivity contribution is -0.138. The van der Waals surface area contributed by atoms with E-state index in [0.717, 1.165) is 24.6 Å². The molecule has 1 aromatic heterocycles. The number of aromatic nitrogens is 1. The van der Waals surface area contributed by atoms with Crippen LogP contribution in [-0.2, 0) is 12.7 Å². The summed E-state index contributed by atoms with van der Waals surface area (Å²) in [6.07, 6.45) is -2.19. The number of pyridine rings is 1. The maximum atomic E-state index is 13.3. The fraction of sp³-hybridized carbons (Fsp3) is 0.280. The van der Waals surface area contributed by atoms with Crippen molar-refractivity contribution in [3.05, 3.63) is 89.1 Å². The number of halogens is 5. The molecule has 0 aliphatic carbocycles. The number of benzene rings is 2. The van der Waals surface area contributed by atoms with Crippen molar-refractivity contribution in [3.8, 4) is 0 Å². The third kappa shape index (κ3) is 6.33. The lowest BCUT2D eigenvalue weighted by Crippen LogP contribution is -2.31. The van der Waals surface area contributed by atoms with Gasteiger partial charge in [0.25, 0.3) is 5.91 Å². The maximum Gasteiger partial charge on any atom is 0.416 e. The number of nitrogens with zero attached hydrogens (tertiary/aromatic N) is 3. The summed E-state index contributed by atoms with van der Waals surface area (Å²) >= 11 is 0. The standard InChI is InChI=1S/C25H23F5N4O/c26-19-12-18(13-20(27)14-19)24(35)32-21-6-7-23(31-15-21)34-9-3-8-33(10-11-34)16-17-4-1-2-5-22(17)25(28,29)30/h1-2,4-7,12-15H,3,8-11,16H2,(H,32,35). The van der Waals surface area contributed by atoms with Crippen LogP contribution in [0.1, 0.15) is 27.9 Å². The average Bonchev–Trinajstić information content (AvgIpc) is 3.04. The number of hydrogen-bond acceptors (Lipinski definition) is 4. The van der Waals surface area contributed by atoms with Crippen LogP contribution in [0.15, 0.2) is 60.8 Å². The van der Waals surface area contributed by atoms with Gasteiger partial charge in [-0.3, -0.25) is 9.69 Å². The van der Waals surface area contributed by atoms with Gasteiger partial charge >= 0.3 is 6.18 Å². The molecule has 1 fully saturated rings. The third-order valence-electron chi connectivity index (χ3n) is 5.76. The molecule has 5 nitrogen and oxygen atoms in total. The highest BCUT2D eigenvalue weighted by molar-refractivity contribution is 6.04. The Balaban J connectivity index is 1.37. The summed E-state index contributed by atoms with van der Waals surface area (Å²) in [5.74, 6) is -1.69. The average molecular weight is 490 g/mol. The van der Waals surface area contributed by atoms with Crippen molar-refractivity contribution in [1.29, 1.82) is 0 Å². The Bertz CT molecular complexity index is 1160. The van der Waals surface area contributed by atoms with Crippen LogP contribution in [0.3, 0.4) is 0 Å². The minimum absolute atomic E-state index is 0.147. The third-order valence-corrected chi connectivity index (χ3v) is 5.76. The van der Waals surface area contributed by atoms with E-state index in [0.29, 0.717) is 43.8 Å². The van der Waals surface area contributed by atoms with E-state index in [1.54, 1.807) is 18.2 Å². The number of carbonyl (C=O) groups is 1. The molecule has 10 heteroatoms. The fourth-order valence-electron chi connectivity index (χ4n) is 4.07. The molecule has 1 aliphatic rings. The van der Waals surface area contributed by atoms with Crippen LogP contribution in [0, 0.1) is 11.6 Å². The van der Waals surface area contributed by atoms with Crippen molar-refractivity contribution in [1.82, 2.24) is 9.88 Å². The highest BCUT2D eigenvalue weighted by Gasteiger charge is 2.33. The molecule has 4 rings (SSSR count). The highest BCUT2D eigenvalue weighted by Crippen LogP contribution is 2.32. The van der Waals surface area contributed by atoms with E-state index in [1.165, 1.54) is 18.3 Å². The van der Waals surface area contributed by atoms with Crippen molar-refractivity contribution in [3.63, 3.8) is 0 Å². The molecule has 1 N–H and O–H groups in total. The van der Waals surface area contributed by atoms with Crippen LogP contribution in [0.2, 0.25) is 0 Å². The summed E-state index contributed by atoms with van der Waals surface area (Å²) in [4.78, 5) is 20.7. The first-order chi connectivity index (χ1) is 16.7. The van der Waals surface area contributed by atoms with Gasteiger partial charge in [-0.15, -0.1) is 0 Å². The summed E-state index contributed by atoms with van der Waals surface area (Å²) in [6, 6.07) is 11.5. The topological polar surface area (TPSA) is 48.5 Å². The molecule has 0 radical (unpaired) electrons. The van der Waals surface area contributed by atoms with Crippen molar-refractivity contribution >= 4 is 17.4 Å². The summed E-state index contributed by atoms with van der Waals surface area (Å²) in [7, 11) is 0. The van der Waals surface area contributed by atoms with Gasteiger partial charge in [0, 0.05) is 44.4 Å². The van der Waals surface area contributed by atoms with Crippen molar-refractivity contribution in [2.45, 2.75) is 19.1 Å². The van der Waals surface area contributed by atoms with Gasteiger partial charge in [0.1, 0.15) is 17.5 Å². The molecule has 0 bridgehead atoms. The normalized spacial score (nSPS) is 15.1. The first kappa shape index (κ1) is 24.6. The second-order valence-electron chi connectivity index (χ2n) is 8.29. The molecule has 2 heterocycles. The van der Waals surface area contributed by atoms with Crippen LogP contribution >= 0.6 is 0 Å². The molecule has 35 heavy (non-hydrogen) atoms. The molecule has 184 valence electrons. The molecule has 1 amide bonds. The Morgan fingerprint density at radius 3 is 2.37 bits per heavy atom. The summed E-state index contributed by atoms with van der Waals surface area (Å²) in [5, 5.41) is 2.55. The van der Waals surface area contributed by atoms with Gasteiger partial charge in [0.15, 0.2) is 0 Å². The monoisotopic (exact) mass is 490 g/mol. The van der Waals surface area contributed by atoms with E-state index < -0.39 is 29.3 Å². The summed E-state index contributed by atoms with van der Waals surface area (Å²) < 4.78 is 66.6. The maximum absolute atomic E-state index is 13.3. The Kier molecular flexibility index (Phi) is 7.30. The summed E-state index contributed by atoms with van der Waals surface area (Å²) in [6.45, 7) is 2.69. The molecule has 1 saturated heterocycles. The predicted molar refractivity (Wildman–Crippen MR) is 122 cm³/mol. The number of carbonyl (C=O) groups excluding carboxylic acids is 1. The zero-order valence-corrected chi connectivity index (χ0v) is 18.7. The first-order valence-corrected chi connectivity index (χ1v) is 11.0. The van der Waals surface area contributed by atoms with Crippen LogP contribution in [0.5, 0.6) is 0 Å². The van der Waals surface area contributed by atoms with Gasteiger partial charge in [-0.05, 0) is 42.3 Å². The van der Waals surface area contributed by atoms with Gasteiger partial charge < -0.3 is 10.2 Å². The van der Waals surface area contributed by atoms with Crippen LogP contribution in [0.4, 0.5) is 33.5 Å². The van der Waals surface area contributed by atoms with Gasteiger partial charge in [0.2, 0.25) is 0 Å². The minimum atomic E-state index is -4.39. The van der Waals surface area contributed by atoms with Crippen molar-refractivity contribution in [2.24, 2.45) is 0 Å². The smallest absolute Gasteiger partial charge is 0.355 e. The Labute approximate surface area is 199 Å². The zero-order valence-electron chi connectivity index (χ0n) is 18.7. The Morgan fingerprint density at radius 1 is 0.943 bits per heavy atom. The molecule has 0 atom stereocenters. The Hall–Kier alpha value is -3.53. The minimum Gasteiger partial charge on any atom is -0.355 e. The number of amides is 1. The fourth-order valence-corrected chi connectivity index (χ4v) is 4.07. The van der Waals surface area contributed by atoms with Gasteiger partial charge in [-0.25, -0.2) is 13.8 Å². The van der Waals surface area contributed by atoms with E-state index in [2.05, 4.69) is 10.3 Å². The Morgan fingerprint density at radius 2 is 1.69 bits per heavy atom. The molecule has 2 aromatic carbocycles. The molecule has 0 saturated carbocycles. The lowest BCUT2D eigenvalue weighted by Gasteiger charge is -2.24. The number of rotatable bonds is 5. The molecule has 0 unspecified atom stereocenters. The second kappa shape index (κ2) is 10.4. The van der Waals surface area contributed by atoms with E-state index in [1.807, 2.05) is 9.80 Å². The van der Waals surface area contributed by atoms with Crippen LogP contribution in [0.25, 0.3) is 0 Å². The van der Waals surface area contributed by atoms with Crippen LogP contribution in [-0.4, -0.2) is 42.0 Å². The van der Waals surface area contributed by atoms with Gasteiger partial charge in [-0.1, -0.05) is 18.2 Å². The zero-order chi connectivity index (χ0) is 25.0. The number of hydrogen-bond donors (Lipinski definition) is 1. The summed E-state index contributed by atoms with van der Waals surface area (Å²) in [5.41, 5.74) is -0.138. The molecular weight excluding hydrogens is 467 g/mol. The van der Waals surface area contributed by atoms with E-state index in [-0.39, 0.29) is 17.7 Å². The van der Waals surface area contributed by atoms with E-state index in [9.17, 15) is 26.7 Å². The number of alkyl halides is 3. The van der Waals surface area contributed by atoms with Crippen molar-refractivity contribution in [2.75, 3.05) is 36.4 Å². The highest BCUT2D eigenvalue weighted by atomic mass is 19.4. The van der Waals surface area contributed by atoms with E-state index >= 15 is 0 Å². The lowest BCUT2D eigenvalue weighted by atomic mass is 10.1. The van der Waals surface area contributed by atoms with Crippen molar-refractivity contribution < 1.29 is 26.7 Å².